The first-order chi connectivity index (χ1) is 9.22. The van der Waals surface area contributed by atoms with Crippen molar-refractivity contribution < 1.29 is 31.5 Å². The molecule has 124 valence electrons. The van der Waals surface area contributed by atoms with E-state index >= 15 is 0 Å². The topological polar surface area (TPSA) is 46.2 Å². The van der Waals surface area contributed by atoms with Crippen molar-refractivity contribution in [3.63, 3.8) is 0 Å². The normalized spacial score (nSPS) is 14.7. The predicted octanol–water partition coefficient (Wildman–Crippen LogP) is 3.16. The van der Waals surface area contributed by atoms with Crippen molar-refractivity contribution in [1.82, 2.24) is 5.32 Å². The Hall–Kier alpha value is -0.920. The van der Waals surface area contributed by atoms with Crippen LogP contribution >= 0.6 is 11.6 Å². The molecule has 0 aromatic rings. The second-order valence-corrected chi connectivity index (χ2v) is 6.11. The predicted molar refractivity (Wildman–Crippen MR) is 67.3 cm³/mol. The lowest BCUT2D eigenvalue weighted by molar-refractivity contribution is -0.269. The number of hydrogen-bond donors (Lipinski definition) is 1. The van der Waals surface area contributed by atoms with Crippen LogP contribution in [-0.2, 0) is 9.59 Å². The highest BCUT2D eigenvalue weighted by Gasteiger charge is 2.63. The van der Waals surface area contributed by atoms with Gasteiger partial charge in [0.1, 0.15) is 0 Å². The fourth-order valence-electron chi connectivity index (χ4n) is 1.60. The van der Waals surface area contributed by atoms with Gasteiger partial charge in [-0.05, 0) is 11.8 Å². The first kappa shape index (κ1) is 20.1. The number of ketones is 1. The van der Waals surface area contributed by atoms with Crippen LogP contribution < -0.4 is 5.32 Å². The van der Waals surface area contributed by atoms with Crippen LogP contribution in [0.1, 0.15) is 27.2 Å². The van der Waals surface area contributed by atoms with Gasteiger partial charge in [-0.25, -0.2) is 0 Å². The van der Waals surface area contributed by atoms with Gasteiger partial charge in [0.2, 0.25) is 0 Å². The Morgan fingerprint density at radius 1 is 1.10 bits per heavy atom. The van der Waals surface area contributed by atoms with E-state index in [9.17, 15) is 31.5 Å². The van der Waals surface area contributed by atoms with Crippen LogP contribution in [0.3, 0.4) is 0 Å². The number of amides is 1. The van der Waals surface area contributed by atoms with Gasteiger partial charge in [-0.15, -0.1) is 11.6 Å². The van der Waals surface area contributed by atoms with E-state index in [2.05, 4.69) is 0 Å². The lowest BCUT2D eigenvalue weighted by Gasteiger charge is -2.26. The van der Waals surface area contributed by atoms with Crippen LogP contribution in [0.4, 0.5) is 22.0 Å². The van der Waals surface area contributed by atoms with Crippen LogP contribution in [0.5, 0.6) is 0 Å². The molecule has 0 aromatic carbocycles. The molecule has 1 N–H and O–H groups in total. The fourth-order valence-corrected chi connectivity index (χ4v) is 1.82. The maximum absolute atomic E-state index is 12.7. The van der Waals surface area contributed by atoms with Gasteiger partial charge in [0, 0.05) is 12.5 Å². The molecule has 0 spiro atoms. The average molecular weight is 338 g/mol. The largest absolute Gasteiger partial charge is 0.463 e. The summed E-state index contributed by atoms with van der Waals surface area (Å²) in [6.07, 6.45) is -5.79. The SMILES string of the molecule is CC(C)(C)CC(CNC(=O)C(F)(F)C(F)(F)F)C(=O)CCl. The lowest BCUT2D eigenvalue weighted by atomic mass is 9.83. The lowest BCUT2D eigenvalue weighted by Crippen LogP contribution is -2.51. The van der Waals surface area contributed by atoms with Crippen LogP contribution in [0.25, 0.3) is 0 Å². The molecule has 21 heavy (non-hydrogen) atoms. The third-order valence-electron chi connectivity index (χ3n) is 2.60. The molecular formula is C12H17ClF5NO2. The molecule has 1 atom stereocenters. The summed E-state index contributed by atoms with van der Waals surface area (Å²) in [5, 5.41) is 1.48. The first-order valence-corrected chi connectivity index (χ1v) is 6.57. The third-order valence-corrected chi connectivity index (χ3v) is 2.86. The zero-order chi connectivity index (χ0) is 17.1. The Morgan fingerprint density at radius 3 is 1.90 bits per heavy atom. The summed E-state index contributed by atoms with van der Waals surface area (Å²) in [7, 11) is 0. The van der Waals surface area contributed by atoms with Gasteiger partial charge < -0.3 is 5.32 Å². The molecular weight excluding hydrogens is 321 g/mol. The number of alkyl halides is 6. The van der Waals surface area contributed by atoms with E-state index in [-0.39, 0.29) is 11.8 Å². The second kappa shape index (κ2) is 6.89. The van der Waals surface area contributed by atoms with Crippen molar-refractivity contribution >= 4 is 23.3 Å². The van der Waals surface area contributed by atoms with Crippen molar-refractivity contribution in [3.05, 3.63) is 0 Å². The average Bonchev–Trinajstić information content (AvgIpc) is 2.29. The summed E-state index contributed by atoms with van der Waals surface area (Å²) in [5.41, 5.74) is -0.385. The molecule has 0 radical (unpaired) electrons. The molecule has 1 amide bonds. The summed E-state index contributed by atoms with van der Waals surface area (Å²) in [5.74, 6) is -9.83. The summed E-state index contributed by atoms with van der Waals surface area (Å²) in [4.78, 5) is 22.5. The van der Waals surface area contributed by atoms with Gasteiger partial charge in [-0.1, -0.05) is 20.8 Å². The minimum absolute atomic E-state index is 0.191. The third kappa shape index (κ3) is 6.15. The molecule has 0 rings (SSSR count). The number of nitrogens with one attached hydrogen (secondary N) is 1. The van der Waals surface area contributed by atoms with Crippen molar-refractivity contribution in [2.45, 2.75) is 39.3 Å². The molecule has 0 aliphatic carbocycles. The smallest absolute Gasteiger partial charge is 0.350 e. The molecule has 0 heterocycles. The van der Waals surface area contributed by atoms with E-state index in [4.69, 9.17) is 11.6 Å². The number of carbonyl (C=O) groups excluding carboxylic acids is 2. The molecule has 1 unspecified atom stereocenters. The number of rotatable bonds is 6. The van der Waals surface area contributed by atoms with E-state index in [1.807, 2.05) is 0 Å². The van der Waals surface area contributed by atoms with E-state index in [1.54, 1.807) is 20.8 Å². The number of Topliss-reactive ketones (excluding diaryl/α,β-unsaturated/α-hetero) is 1. The minimum Gasteiger partial charge on any atom is -0.350 e. The van der Waals surface area contributed by atoms with Gasteiger partial charge in [0.05, 0.1) is 5.88 Å². The molecule has 0 aliphatic rings. The molecule has 9 heteroatoms. The Kier molecular flexibility index (Phi) is 6.59. The van der Waals surface area contributed by atoms with E-state index in [0.29, 0.717) is 0 Å². The Labute approximate surface area is 124 Å². The summed E-state index contributed by atoms with van der Waals surface area (Å²) < 4.78 is 61.5. The molecule has 0 saturated heterocycles. The molecule has 0 fully saturated rings. The van der Waals surface area contributed by atoms with Crippen LogP contribution in [0.15, 0.2) is 0 Å². The monoisotopic (exact) mass is 337 g/mol. The second-order valence-electron chi connectivity index (χ2n) is 5.84. The molecule has 0 bridgehead atoms. The van der Waals surface area contributed by atoms with Crippen molar-refractivity contribution in [2.75, 3.05) is 12.4 Å². The summed E-state index contributed by atoms with van der Waals surface area (Å²) >= 11 is 5.36. The fraction of sp³-hybridized carbons (Fsp3) is 0.833. The molecule has 0 aliphatic heterocycles. The van der Waals surface area contributed by atoms with Gasteiger partial charge in [-0.3, -0.25) is 9.59 Å². The Bertz CT molecular complexity index is 390. The van der Waals surface area contributed by atoms with Crippen molar-refractivity contribution in [1.29, 1.82) is 0 Å². The standard InChI is InChI=1S/C12H17ClF5NO2/c1-10(2,3)4-7(8(20)5-13)6-19-9(21)11(14,15)12(16,17)18/h7H,4-6H2,1-3H3,(H,19,21). The van der Waals surface area contributed by atoms with E-state index < -0.39 is 42.1 Å². The summed E-state index contributed by atoms with van der Waals surface area (Å²) in [6, 6.07) is 0. The number of carbonyl (C=O) groups is 2. The maximum atomic E-state index is 12.7. The Balaban J connectivity index is 4.84. The summed E-state index contributed by atoms with van der Waals surface area (Å²) in [6.45, 7) is 4.66. The van der Waals surface area contributed by atoms with Gasteiger partial charge >= 0.3 is 12.1 Å². The van der Waals surface area contributed by atoms with Crippen molar-refractivity contribution in [3.8, 4) is 0 Å². The first-order valence-electron chi connectivity index (χ1n) is 6.04. The van der Waals surface area contributed by atoms with Crippen LogP contribution in [0, 0.1) is 11.3 Å². The maximum Gasteiger partial charge on any atom is 0.463 e. The van der Waals surface area contributed by atoms with Gasteiger partial charge in [0.15, 0.2) is 5.78 Å². The highest BCUT2D eigenvalue weighted by Crippen LogP contribution is 2.35. The van der Waals surface area contributed by atoms with Gasteiger partial charge in [0.25, 0.3) is 5.91 Å². The zero-order valence-corrected chi connectivity index (χ0v) is 12.5. The highest BCUT2D eigenvalue weighted by molar-refractivity contribution is 6.27. The minimum atomic E-state index is -5.98. The number of hydrogen-bond acceptors (Lipinski definition) is 2. The van der Waals surface area contributed by atoms with E-state index in [1.165, 1.54) is 5.32 Å². The van der Waals surface area contributed by atoms with Gasteiger partial charge in [-0.2, -0.15) is 22.0 Å². The molecule has 0 saturated carbocycles. The van der Waals surface area contributed by atoms with E-state index in [0.717, 1.165) is 0 Å². The molecule has 3 nitrogen and oxygen atoms in total. The van der Waals surface area contributed by atoms with Crippen LogP contribution in [-0.4, -0.2) is 36.2 Å². The Morgan fingerprint density at radius 2 is 1.57 bits per heavy atom. The van der Waals surface area contributed by atoms with Crippen LogP contribution in [0.2, 0.25) is 0 Å². The quantitative estimate of drug-likeness (QED) is 0.598. The molecule has 0 aromatic heterocycles. The highest BCUT2D eigenvalue weighted by atomic mass is 35.5. The zero-order valence-electron chi connectivity index (χ0n) is 11.8. The number of halogens is 6. The van der Waals surface area contributed by atoms with Crippen molar-refractivity contribution in [2.24, 2.45) is 11.3 Å².